The number of aryl methyl sites for hydroxylation is 1. The average molecular weight is 329 g/mol. The monoisotopic (exact) mass is 329 g/mol. The van der Waals surface area contributed by atoms with Gasteiger partial charge in [0.1, 0.15) is 5.82 Å². The lowest BCUT2D eigenvalue weighted by Gasteiger charge is -2.31. The number of halogens is 1. The van der Waals surface area contributed by atoms with E-state index in [1.54, 1.807) is 12.1 Å². The molecular weight excluding hydrogens is 305 g/mol. The van der Waals surface area contributed by atoms with Gasteiger partial charge in [0.25, 0.3) is 0 Å². The van der Waals surface area contributed by atoms with Gasteiger partial charge in [0, 0.05) is 12.5 Å². The van der Waals surface area contributed by atoms with Crippen molar-refractivity contribution in [3.05, 3.63) is 47.4 Å². The van der Waals surface area contributed by atoms with Crippen molar-refractivity contribution in [2.75, 3.05) is 13.1 Å². The van der Waals surface area contributed by atoms with Crippen LogP contribution in [-0.4, -0.2) is 28.2 Å². The molecule has 128 valence electrons. The minimum absolute atomic E-state index is 0.160. The standard InChI is InChI=1S/C19H24FN3O/c20-17-9-5-14(6-10-17)3-4-15-2-1-11-23(12-15)13-18-21-22-19(24-18)16-7-8-16/h5-6,9-10,15-16H,1-4,7-8,11-13H2/t15-/m0/s1. The van der Waals surface area contributed by atoms with Gasteiger partial charge in [-0.25, -0.2) is 4.39 Å². The van der Waals surface area contributed by atoms with Crippen molar-refractivity contribution >= 4 is 0 Å². The van der Waals surface area contributed by atoms with E-state index in [0.717, 1.165) is 44.3 Å². The van der Waals surface area contributed by atoms with Gasteiger partial charge in [0.15, 0.2) is 0 Å². The predicted molar refractivity (Wildman–Crippen MR) is 89.0 cm³/mol. The molecule has 1 atom stereocenters. The number of hydrogen-bond acceptors (Lipinski definition) is 4. The number of piperidine rings is 1. The van der Waals surface area contributed by atoms with Gasteiger partial charge in [-0.15, -0.1) is 10.2 Å². The Labute approximate surface area is 142 Å². The van der Waals surface area contributed by atoms with Crippen LogP contribution >= 0.6 is 0 Å². The number of likely N-dealkylation sites (tertiary alicyclic amines) is 1. The van der Waals surface area contributed by atoms with E-state index in [1.807, 2.05) is 12.1 Å². The lowest BCUT2D eigenvalue weighted by atomic mass is 9.91. The fourth-order valence-corrected chi connectivity index (χ4v) is 3.57. The van der Waals surface area contributed by atoms with Crippen LogP contribution in [0.2, 0.25) is 0 Å². The van der Waals surface area contributed by atoms with Crippen LogP contribution in [0.5, 0.6) is 0 Å². The maximum Gasteiger partial charge on any atom is 0.230 e. The maximum absolute atomic E-state index is 13.0. The second-order valence-corrected chi connectivity index (χ2v) is 7.22. The molecule has 24 heavy (non-hydrogen) atoms. The van der Waals surface area contributed by atoms with Crippen molar-refractivity contribution in [2.45, 2.75) is 51.0 Å². The molecule has 1 aliphatic carbocycles. The highest BCUT2D eigenvalue weighted by Gasteiger charge is 2.30. The minimum atomic E-state index is -0.160. The van der Waals surface area contributed by atoms with Gasteiger partial charge in [0.2, 0.25) is 11.8 Å². The SMILES string of the molecule is Fc1ccc(CC[C@@H]2CCCN(Cc3nnc(C4CC4)o3)C2)cc1. The van der Waals surface area contributed by atoms with Crippen molar-refractivity contribution < 1.29 is 8.81 Å². The van der Waals surface area contributed by atoms with Crippen LogP contribution in [0.1, 0.15) is 55.4 Å². The quantitative estimate of drug-likeness (QED) is 0.805. The molecule has 2 fully saturated rings. The summed E-state index contributed by atoms with van der Waals surface area (Å²) in [5, 5.41) is 8.38. The largest absolute Gasteiger partial charge is 0.424 e. The Morgan fingerprint density at radius 3 is 2.75 bits per heavy atom. The van der Waals surface area contributed by atoms with E-state index in [4.69, 9.17) is 4.42 Å². The highest BCUT2D eigenvalue weighted by molar-refractivity contribution is 5.16. The Kier molecular flexibility index (Phi) is 4.60. The fraction of sp³-hybridized carbons (Fsp3) is 0.579. The summed E-state index contributed by atoms with van der Waals surface area (Å²) in [5.74, 6) is 2.64. The normalized spacial score (nSPS) is 22.0. The second-order valence-electron chi connectivity index (χ2n) is 7.22. The third kappa shape index (κ3) is 4.01. The first-order valence-electron chi connectivity index (χ1n) is 9.05. The van der Waals surface area contributed by atoms with Crippen LogP contribution in [0.15, 0.2) is 28.7 Å². The Hall–Kier alpha value is -1.75. The van der Waals surface area contributed by atoms with Crippen molar-refractivity contribution in [3.8, 4) is 0 Å². The number of aromatic nitrogens is 2. The smallest absolute Gasteiger partial charge is 0.230 e. The molecule has 1 aliphatic heterocycles. The molecule has 5 heteroatoms. The molecule has 1 saturated carbocycles. The summed E-state index contributed by atoms with van der Waals surface area (Å²) in [4.78, 5) is 2.43. The molecule has 4 nitrogen and oxygen atoms in total. The third-order valence-corrected chi connectivity index (χ3v) is 5.13. The van der Waals surface area contributed by atoms with Crippen LogP contribution in [-0.2, 0) is 13.0 Å². The molecule has 2 heterocycles. The van der Waals surface area contributed by atoms with Crippen molar-refractivity contribution in [2.24, 2.45) is 5.92 Å². The first-order chi connectivity index (χ1) is 11.8. The first kappa shape index (κ1) is 15.8. The molecule has 0 spiro atoms. The maximum atomic E-state index is 13.0. The lowest BCUT2D eigenvalue weighted by Crippen LogP contribution is -2.35. The van der Waals surface area contributed by atoms with E-state index in [2.05, 4.69) is 15.1 Å². The number of rotatable bonds is 6. The van der Waals surface area contributed by atoms with Gasteiger partial charge in [-0.2, -0.15) is 0 Å². The third-order valence-electron chi connectivity index (χ3n) is 5.13. The summed E-state index contributed by atoms with van der Waals surface area (Å²) in [6.45, 7) is 2.96. The van der Waals surface area contributed by atoms with E-state index in [9.17, 15) is 4.39 Å². The number of nitrogens with zero attached hydrogens (tertiary/aromatic N) is 3. The molecule has 0 radical (unpaired) electrons. The molecule has 0 N–H and O–H groups in total. The lowest BCUT2D eigenvalue weighted by molar-refractivity contribution is 0.149. The minimum Gasteiger partial charge on any atom is -0.424 e. The summed E-state index contributed by atoms with van der Waals surface area (Å²) in [7, 11) is 0. The Morgan fingerprint density at radius 1 is 1.12 bits per heavy atom. The van der Waals surface area contributed by atoms with Crippen LogP contribution in [0.3, 0.4) is 0 Å². The van der Waals surface area contributed by atoms with E-state index in [-0.39, 0.29) is 5.82 Å². The Morgan fingerprint density at radius 2 is 1.96 bits per heavy atom. The van der Waals surface area contributed by atoms with E-state index in [1.165, 1.54) is 31.2 Å². The number of hydrogen-bond donors (Lipinski definition) is 0. The topological polar surface area (TPSA) is 42.2 Å². The van der Waals surface area contributed by atoms with Gasteiger partial charge >= 0.3 is 0 Å². The van der Waals surface area contributed by atoms with Gasteiger partial charge in [-0.05, 0) is 68.7 Å². The summed E-state index contributed by atoms with van der Waals surface area (Å²) < 4.78 is 18.8. The highest BCUT2D eigenvalue weighted by Crippen LogP contribution is 2.39. The zero-order chi connectivity index (χ0) is 16.4. The molecule has 0 amide bonds. The molecule has 0 unspecified atom stereocenters. The Bertz CT molecular complexity index is 666. The van der Waals surface area contributed by atoms with Crippen LogP contribution < -0.4 is 0 Å². The highest BCUT2D eigenvalue weighted by atomic mass is 19.1. The zero-order valence-electron chi connectivity index (χ0n) is 14.0. The summed E-state index contributed by atoms with van der Waals surface area (Å²) >= 11 is 0. The van der Waals surface area contributed by atoms with Gasteiger partial charge in [0.05, 0.1) is 6.54 Å². The summed E-state index contributed by atoms with van der Waals surface area (Å²) in [6.07, 6.45) is 7.05. The van der Waals surface area contributed by atoms with Crippen LogP contribution in [0.4, 0.5) is 4.39 Å². The summed E-state index contributed by atoms with van der Waals surface area (Å²) in [5.41, 5.74) is 1.22. The fourth-order valence-electron chi connectivity index (χ4n) is 3.57. The van der Waals surface area contributed by atoms with Gasteiger partial charge in [-0.1, -0.05) is 12.1 Å². The van der Waals surface area contributed by atoms with E-state index < -0.39 is 0 Å². The predicted octanol–water partition coefficient (Wildman–Crippen LogP) is 3.93. The summed E-state index contributed by atoms with van der Waals surface area (Å²) in [6, 6.07) is 6.90. The molecule has 2 aromatic rings. The molecule has 1 saturated heterocycles. The first-order valence-corrected chi connectivity index (χ1v) is 9.05. The Balaban J connectivity index is 1.27. The van der Waals surface area contributed by atoms with Gasteiger partial charge in [-0.3, -0.25) is 4.90 Å². The van der Waals surface area contributed by atoms with Gasteiger partial charge < -0.3 is 4.42 Å². The van der Waals surface area contributed by atoms with Crippen molar-refractivity contribution in [1.82, 2.24) is 15.1 Å². The molecule has 0 bridgehead atoms. The van der Waals surface area contributed by atoms with Crippen LogP contribution in [0, 0.1) is 11.7 Å². The molecule has 1 aromatic carbocycles. The van der Waals surface area contributed by atoms with Crippen molar-refractivity contribution in [1.29, 1.82) is 0 Å². The zero-order valence-corrected chi connectivity index (χ0v) is 14.0. The van der Waals surface area contributed by atoms with Crippen molar-refractivity contribution in [3.63, 3.8) is 0 Å². The molecule has 1 aromatic heterocycles. The number of benzene rings is 1. The second kappa shape index (κ2) is 7.01. The molecule has 4 rings (SSSR count). The van der Waals surface area contributed by atoms with E-state index >= 15 is 0 Å². The average Bonchev–Trinajstić information content (AvgIpc) is 3.35. The van der Waals surface area contributed by atoms with E-state index in [0.29, 0.717) is 11.8 Å². The van der Waals surface area contributed by atoms with Crippen LogP contribution in [0.25, 0.3) is 0 Å². The molecule has 2 aliphatic rings. The molecular formula is C19H24FN3O.